The number of nitriles is 3. The van der Waals surface area contributed by atoms with Gasteiger partial charge in [0.25, 0.3) is 0 Å². The van der Waals surface area contributed by atoms with Crippen molar-refractivity contribution in [1.82, 2.24) is 0 Å². The van der Waals surface area contributed by atoms with Crippen LogP contribution >= 0.6 is 0 Å². The smallest absolute Gasteiger partial charge is 0.182 e. The number of nitrogens with zero attached hydrogens (tertiary/aromatic N) is 3. The van der Waals surface area contributed by atoms with Crippen LogP contribution in [0.2, 0.25) is 0 Å². The summed E-state index contributed by atoms with van der Waals surface area (Å²) in [4.78, 5) is 0. The van der Waals surface area contributed by atoms with Crippen molar-refractivity contribution in [2.75, 3.05) is 5.32 Å². The highest BCUT2D eigenvalue weighted by molar-refractivity contribution is 5.62. The molecule has 5 nitrogen and oxygen atoms in total. The first kappa shape index (κ1) is 14.1. The van der Waals surface area contributed by atoms with E-state index in [2.05, 4.69) is 5.32 Å². The summed E-state index contributed by atoms with van der Waals surface area (Å²) in [5.74, 6) is -2.50. The number of aliphatic hydroxyl groups excluding tert-OH is 1. The fourth-order valence-corrected chi connectivity index (χ4v) is 1.27. The highest BCUT2D eigenvalue weighted by Crippen LogP contribution is 2.24. The predicted octanol–water partition coefficient (Wildman–Crippen LogP) is 1.69. The fraction of sp³-hybridized carbons (Fsp3) is 0.0833. The number of aliphatic hydroxyl groups is 1. The summed E-state index contributed by atoms with van der Waals surface area (Å²) >= 11 is 0. The summed E-state index contributed by atoms with van der Waals surface area (Å²) in [7, 11) is 0. The summed E-state index contributed by atoms with van der Waals surface area (Å²) < 4.78 is 26.7. The maximum Gasteiger partial charge on any atom is 0.182 e. The van der Waals surface area contributed by atoms with Crippen molar-refractivity contribution in [1.29, 1.82) is 15.8 Å². The number of halogens is 2. The molecule has 0 radical (unpaired) electrons. The molecule has 1 aromatic rings. The van der Waals surface area contributed by atoms with E-state index in [0.29, 0.717) is 0 Å². The first-order valence-corrected chi connectivity index (χ1v) is 4.88. The molecule has 0 heterocycles. The van der Waals surface area contributed by atoms with Crippen molar-refractivity contribution in [3.63, 3.8) is 0 Å². The van der Waals surface area contributed by atoms with E-state index in [0.717, 1.165) is 12.1 Å². The number of benzene rings is 1. The Kier molecular flexibility index (Phi) is 4.54. The molecule has 0 bridgehead atoms. The standard InChI is InChI=1S/C12H6F2N4O/c13-9-2-1-7(6-19)12(11(9)14)18-10(5-17)8(3-15)4-16/h1-2,18-19H,6H2. The maximum absolute atomic E-state index is 13.6. The van der Waals surface area contributed by atoms with E-state index in [4.69, 9.17) is 20.9 Å². The average Bonchev–Trinajstić information content (AvgIpc) is 2.43. The average molecular weight is 260 g/mol. The maximum atomic E-state index is 13.6. The lowest BCUT2D eigenvalue weighted by molar-refractivity contribution is 0.281. The van der Waals surface area contributed by atoms with Gasteiger partial charge in [-0.25, -0.2) is 8.78 Å². The summed E-state index contributed by atoms with van der Waals surface area (Å²) in [6.45, 7) is -0.604. The Labute approximate surface area is 107 Å². The molecule has 0 aliphatic carbocycles. The van der Waals surface area contributed by atoms with Crippen LogP contribution in [0.1, 0.15) is 5.56 Å². The van der Waals surface area contributed by atoms with E-state index in [1.165, 1.54) is 18.2 Å². The topological polar surface area (TPSA) is 104 Å². The van der Waals surface area contributed by atoms with Crippen LogP contribution in [0.25, 0.3) is 0 Å². The van der Waals surface area contributed by atoms with Gasteiger partial charge in [-0.1, -0.05) is 6.07 Å². The second-order valence-corrected chi connectivity index (χ2v) is 3.26. The highest BCUT2D eigenvalue weighted by atomic mass is 19.2. The van der Waals surface area contributed by atoms with Crippen molar-refractivity contribution in [2.45, 2.75) is 6.61 Å². The molecule has 0 fully saturated rings. The molecule has 0 aliphatic rings. The number of nitrogens with one attached hydrogen (secondary N) is 1. The van der Waals surface area contributed by atoms with Crippen LogP contribution in [-0.4, -0.2) is 5.11 Å². The van der Waals surface area contributed by atoms with Gasteiger partial charge < -0.3 is 10.4 Å². The summed E-state index contributed by atoms with van der Waals surface area (Å²) in [5.41, 5.74) is -1.59. The molecule has 0 unspecified atom stereocenters. The van der Waals surface area contributed by atoms with Gasteiger partial charge in [0.2, 0.25) is 0 Å². The predicted molar refractivity (Wildman–Crippen MR) is 59.8 cm³/mol. The van der Waals surface area contributed by atoms with Gasteiger partial charge in [0.1, 0.15) is 23.9 Å². The lowest BCUT2D eigenvalue weighted by Crippen LogP contribution is -2.07. The minimum Gasteiger partial charge on any atom is -0.392 e. The molecule has 1 rings (SSSR count). The third-order valence-corrected chi connectivity index (χ3v) is 2.19. The van der Waals surface area contributed by atoms with Crippen molar-refractivity contribution in [3.8, 4) is 18.2 Å². The van der Waals surface area contributed by atoms with Gasteiger partial charge in [-0.3, -0.25) is 0 Å². The zero-order chi connectivity index (χ0) is 14.4. The van der Waals surface area contributed by atoms with Crippen LogP contribution in [0, 0.1) is 45.6 Å². The van der Waals surface area contributed by atoms with Gasteiger partial charge >= 0.3 is 0 Å². The summed E-state index contributed by atoms with van der Waals surface area (Å²) in [6.07, 6.45) is 0. The Morgan fingerprint density at radius 2 is 1.79 bits per heavy atom. The molecule has 0 aliphatic heterocycles. The van der Waals surface area contributed by atoms with Crippen LogP contribution in [0.15, 0.2) is 23.4 Å². The third kappa shape index (κ3) is 2.84. The second-order valence-electron chi connectivity index (χ2n) is 3.26. The molecule has 7 heteroatoms. The Balaban J connectivity index is 3.39. The monoisotopic (exact) mass is 260 g/mol. The number of hydrogen-bond acceptors (Lipinski definition) is 5. The third-order valence-electron chi connectivity index (χ3n) is 2.19. The molecule has 0 spiro atoms. The zero-order valence-corrected chi connectivity index (χ0v) is 9.41. The molecular weight excluding hydrogens is 254 g/mol. The Hall–Kier alpha value is -2.95. The Bertz CT molecular complexity index is 646. The molecule has 94 valence electrons. The molecule has 1 aromatic carbocycles. The largest absolute Gasteiger partial charge is 0.392 e. The number of hydrogen-bond donors (Lipinski definition) is 2. The first-order chi connectivity index (χ1) is 9.08. The van der Waals surface area contributed by atoms with Crippen LogP contribution in [0.4, 0.5) is 14.5 Å². The molecule has 19 heavy (non-hydrogen) atoms. The molecule has 0 saturated carbocycles. The van der Waals surface area contributed by atoms with E-state index in [-0.39, 0.29) is 5.56 Å². The number of anilines is 1. The van der Waals surface area contributed by atoms with E-state index in [9.17, 15) is 8.78 Å². The molecule has 0 amide bonds. The molecule has 0 saturated heterocycles. The Morgan fingerprint density at radius 1 is 1.16 bits per heavy atom. The van der Waals surface area contributed by atoms with E-state index in [1.807, 2.05) is 0 Å². The van der Waals surface area contributed by atoms with Gasteiger partial charge in [0.05, 0.1) is 12.3 Å². The van der Waals surface area contributed by atoms with Gasteiger partial charge in [-0.2, -0.15) is 15.8 Å². The first-order valence-electron chi connectivity index (χ1n) is 4.88. The molecule has 2 N–H and O–H groups in total. The lowest BCUT2D eigenvalue weighted by atomic mass is 10.1. The summed E-state index contributed by atoms with van der Waals surface area (Å²) in [6, 6.07) is 6.34. The normalized spacial score (nSPS) is 8.84. The van der Waals surface area contributed by atoms with E-state index >= 15 is 0 Å². The minimum absolute atomic E-state index is 0.0121. The lowest BCUT2D eigenvalue weighted by Gasteiger charge is -2.11. The van der Waals surface area contributed by atoms with Crippen molar-refractivity contribution >= 4 is 5.69 Å². The van der Waals surface area contributed by atoms with Crippen LogP contribution in [-0.2, 0) is 6.61 Å². The van der Waals surface area contributed by atoms with Gasteiger partial charge in [0.15, 0.2) is 17.2 Å². The number of allylic oxidation sites excluding steroid dienone is 2. The fourth-order valence-electron chi connectivity index (χ4n) is 1.27. The van der Waals surface area contributed by atoms with E-state index < -0.39 is 35.2 Å². The van der Waals surface area contributed by atoms with Gasteiger partial charge in [-0.05, 0) is 6.07 Å². The van der Waals surface area contributed by atoms with Crippen LogP contribution < -0.4 is 5.32 Å². The van der Waals surface area contributed by atoms with Crippen molar-refractivity contribution < 1.29 is 13.9 Å². The zero-order valence-electron chi connectivity index (χ0n) is 9.41. The van der Waals surface area contributed by atoms with E-state index in [1.54, 1.807) is 0 Å². The number of rotatable bonds is 3. The Morgan fingerprint density at radius 3 is 2.26 bits per heavy atom. The molecular formula is C12H6F2N4O. The molecule has 0 atom stereocenters. The van der Waals surface area contributed by atoms with Gasteiger partial charge in [-0.15, -0.1) is 0 Å². The quantitative estimate of drug-likeness (QED) is 0.805. The van der Waals surface area contributed by atoms with Crippen LogP contribution in [0.3, 0.4) is 0 Å². The second kappa shape index (κ2) is 6.11. The van der Waals surface area contributed by atoms with Crippen molar-refractivity contribution in [2.24, 2.45) is 0 Å². The molecule has 0 aromatic heterocycles. The van der Waals surface area contributed by atoms with Crippen LogP contribution in [0.5, 0.6) is 0 Å². The SMILES string of the molecule is N#CC(C#N)=C(C#N)Nc1c(CO)ccc(F)c1F. The van der Waals surface area contributed by atoms with Crippen molar-refractivity contribution in [3.05, 3.63) is 40.6 Å². The highest BCUT2D eigenvalue weighted by Gasteiger charge is 2.16. The minimum atomic E-state index is -1.31. The summed E-state index contributed by atoms with van der Waals surface area (Å²) in [5, 5.41) is 37.2. The van der Waals surface area contributed by atoms with Gasteiger partial charge in [0, 0.05) is 5.56 Å².